The van der Waals surface area contributed by atoms with Gasteiger partial charge in [0.2, 0.25) is 11.7 Å². The highest BCUT2D eigenvalue weighted by atomic mass is 35.5. The first-order valence-corrected chi connectivity index (χ1v) is 10.7. The summed E-state index contributed by atoms with van der Waals surface area (Å²) in [5.41, 5.74) is 0.943. The summed E-state index contributed by atoms with van der Waals surface area (Å²) >= 11 is 8.54. The van der Waals surface area contributed by atoms with E-state index in [9.17, 15) is 14.4 Å². The van der Waals surface area contributed by atoms with E-state index in [2.05, 4.69) is 10.3 Å². The summed E-state index contributed by atoms with van der Waals surface area (Å²) in [6.07, 6.45) is -0.953. The average molecular weight is 449 g/mol. The monoisotopic (exact) mass is 448 g/mol. The third kappa shape index (κ3) is 5.50. The fourth-order valence-electron chi connectivity index (χ4n) is 2.41. The van der Waals surface area contributed by atoms with Gasteiger partial charge < -0.3 is 10.1 Å². The van der Waals surface area contributed by atoms with Crippen LogP contribution in [0.3, 0.4) is 0 Å². The lowest BCUT2D eigenvalue weighted by Gasteiger charge is -2.10. The van der Waals surface area contributed by atoms with Crippen molar-refractivity contribution in [3.8, 4) is 10.6 Å². The van der Waals surface area contributed by atoms with Crippen molar-refractivity contribution in [1.82, 2.24) is 10.3 Å². The van der Waals surface area contributed by atoms with Gasteiger partial charge in [-0.25, -0.2) is 9.78 Å². The molecule has 0 aliphatic carbocycles. The van der Waals surface area contributed by atoms with Gasteiger partial charge in [0.1, 0.15) is 5.01 Å². The highest BCUT2D eigenvalue weighted by Gasteiger charge is 2.23. The summed E-state index contributed by atoms with van der Waals surface area (Å²) in [6, 6.07) is 10.6. The molecule has 1 atom stereocenters. The van der Waals surface area contributed by atoms with Crippen LogP contribution in [-0.4, -0.2) is 28.7 Å². The number of hydrogen-bond donors (Lipinski definition) is 1. The molecule has 2 aromatic heterocycles. The molecular weight excluding hydrogens is 432 g/mol. The number of halogens is 1. The second kappa shape index (κ2) is 9.30. The number of aromatic nitrogens is 1. The molecule has 0 saturated heterocycles. The molecular formula is C20H17ClN2O4S2. The van der Waals surface area contributed by atoms with Crippen LogP contribution < -0.4 is 5.32 Å². The maximum Gasteiger partial charge on any atom is 0.358 e. The number of hydrogen-bond acceptors (Lipinski definition) is 7. The van der Waals surface area contributed by atoms with Crippen LogP contribution in [-0.2, 0) is 16.1 Å². The Balaban J connectivity index is 1.63. The molecule has 1 aromatic carbocycles. The number of ether oxygens (including phenoxy) is 1. The van der Waals surface area contributed by atoms with E-state index in [1.54, 1.807) is 35.7 Å². The Kier molecular flexibility index (Phi) is 6.79. The number of rotatable bonds is 7. The molecule has 1 amide bonds. The molecule has 150 valence electrons. The molecule has 0 aliphatic rings. The number of nitrogens with zero attached hydrogens (tertiary/aromatic N) is 1. The maximum atomic E-state index is 12.5. The molecule has 0 bridgehead atoms. The topological polar surface area (TPSA) is 85.4 Å². The van der Waals surface area contributed by atoms with Crippen LogP contribution in [0, 0.1) is 0 Å². The molecule has 1 N–H and O–H groups in total. The van der Waals surface area contributed by atoms with Crippen LogP contribution in [0.4, 0.5) is 0 Å². The van der Waals surface area contributed by atoms with Crippen LogP contribution in [0.25, 0.3) is 10.6 Å². The van der Waals surface area contributed by atoms with Crippen molar-refractivity contribution < 1.29 is 19.1 Å². The summed E-state index contributed by atoms with van der Waals surface area (Å²) in [7, 11) is 0. The SMILES string of the molecule is CC(=O)NCc1ccc(C(=O)C(C)OC(=O)c2csc(-c3cccc(Cl)c3)n2)s1. The summed E-state index contributed by atoms with van der Waals surface area (Å²) in [5.74, 6) is -1.11. The zero-order valence-corrected chi connectivity index (χ0v) is 18.0. The van der Waals surface area contributed by atoms with E-state index in [0.29, 0.717) is 21.5 Å². The highest BCUT2D eigenvalue weighted by Crippen LogP contribution is 2.26. The van der Waals surface area contributed by atoms with Crippen molar-refractivity contribution in [2.24, 2.45) is 0 Å². The lowest BCUT2D eigenvalue weighted by Crippen LogP contribution is -2.24. The normalized spacial score (nSPS) is 11.7. The molecule has 0 radical (unpaired) electrons. The molecule has 0 saturated carbocycles. The third-order valence-corrected chi connectivity index (χ3v) is 6.08. The summed E-state index contributed by atoms with van der Waals surface area (Å²) in [6.45, 7) is 3.31. The van der Waals surface area contributed by atoms with Crippen molar-refractivity contribution in [2.75, 3.05) is 0 Å². The van der Waals surface area contributed by atoms with E-state index in [1.165, 1.54) is 36.5 Å². The second-order valence-corrected chi connectivity index (χ2v) is 8.60. The molecule has 3 rings (SSSR count). The van der Waals surface area contributed by atoms with Gasteiger partial charge in [0.05, 0.1) is 11.4 Å². The van der Waals surface area contributed by atoms with E-state index in [4.69, 9.17) is 16.3 Å². The lowest BCUT2D eigenvalue weighted by atomic mass is 10.2. The smallest absolute Gasteiger partial charge is 0.358 e. The number of carbonyl (C=O) groups excluding carboxylic acids is 3. The Bertz CT molecular complexity index is 1060. The summed E-state index contributed by atoms with van der Waals surface area (Å²) < 4.78 is 5.30. The number of benzene rings is 1. The molecule has 6 nitrogen and oxygen atoms in total. The average Bonchev–Trinajstić information content (AvgIpc) is 3.35. The van der Waals surface area contributed by atoms with Gasteiger partial charge in [-0.1, -0.05) is 23.7 Å². The van der Waals surface area contributed by atoms with Gasteiger partial charge in [0.25, 0.3) is 0 Å². The standard InChI is InChI=1S/C20H17ClN2O4S2/c1-11(18(25)17-7-6-15(29-17)9-22-12(2)24)27-20(26)16-10-28-19(23-16)13-4-3-5-14(21)8-13/h3-8,10-11H,9H2,1-2H3,(H,22,24). The van der Waals surface area contributed by atoms with Crippen molar-refractivity contribution in [3.63, 3.8) is 0 Å². The molecule has 9 heteroatoms. The molecule has 2 heterocycles. The Morgan fingerprint density at radius 2 is 2.03 bits per heavy atom. The van der Waals surface area contributed by atoms with E-state index in [1.807, 2.05) is 6.07 Å². The van der Waals surface area contributed by atoms with E-state index in [0.717, 1.165) is 10.4 Å². The molecule has 0 aliphatic heterocycles. The third-order valence-electron chi connectivity index (χ3n) is 3.85. The van der Waals surface area contributed by atoms with E-state index >= 15 is 0 Å². The first kappa shape index (κ1) is 21.2. The summed E-state index contributed by atoms with van der Waals surface area (Å²) in [5, 5.41) is 5.48. The Hall–Kier alpha value is -2.55. The molecule has 29 heavy (non-hydrogen) atoms. The Labute approximate surface area is 180 Å². The van der Waals surface area contributed by atoms with Crippen LogP contribution >= 0.6 is 34.3 Å². The van der Waals surface area contributed by atoms with Crippen molar-refractivity contribution >= 4 is 51.9 Å². The van der Waals surface area contributed by atoms with Gasteiger partial charge in [0.15, 0.2) is 11.8 Å². The van der Waals surface area contributed by atoms with Gasteiger partial charge in [0, 0.05) is 27.8 Å². The van der Waals surface area contributed by atoms with Gasteiger partial charge in [-0.2, -0.15) is 0 Å². The van der Waals surface area contributed by atoms with Crippen LogP contribution in [0.5, 0.6) is 0 Å². The summed E-state index contributed by atoms with van der Waals surface area (Å²) in [4.78, 5) is 41.5. The number of amides is 1. The van der Waals surface area contributed by atoms with Crippen LogP contribution in [0.2, 0.25) is 5.02 Å². The minimum Gasteiger partial charge on any atom is -0.449 e. The first-order valence-electron chi connectivity index (χ1n) is 8.63. The number of carbonyl (C=O) groups is 3. The quantitative estimate of drug-likeness (QED) is 0.422. The van der Waals surface area contributed by atoms with Crippen LogP contribution in [0.1, 0.15) is 38.9 Å². The zero-order chi connectivity index (χ0) is 21.0. The fraction of sp³-hybridized carbons (Fsp3) is 0.200. The number of thiophene rings is 1. The predicted octanol–water partition coefficient (Wildman–Crippen LogP) is 4.59. The lowest BCUT2D eigenvalue weighted by molar-refractivity contribution is -0.119. The van der Waals surface area contributed by atoms with E-state index in [-0.39, 0.29) is 17.4 Å². The Morgan fingerprint density at radius 1 is 1.24 bits per heavy atom. The molecule has 0 spiro atoms. The van der Waals surface area contributed by atoms with Crippen molar-refractivity contribution in [1.29, 1.82) is 0 Å². The van der Waals surface area contributed by atoms with Gasteiger partial charge >= 0.3 is 5.97 Å². The number of Topliss-reactive ketones (excluding diaryl/α,β-unsaturated/α-hetero) is 1. The predicted molar refractivity (Wildman–Crippen MR) is 114 cm³/mol. The van der Waals surface area contributed by atoms with Crippen molar-refractivity contribution in [2.45, 2.75) is 26.5 Å². The highest BCUT2D eigenvalue weighted by molar-refractivity contribution is 7.14. The van der Waals surface area contributed by atoms with Crippen molar-refractivity contribution in [3.05, 3.63) is 62.2 Å². The van der Waals surface area contributed by atoms with Gasteiger partial charge in [-0.05, 0) is 31.2 Å². The molecule has 1 unspecified atom stereocenters. The first-order chi connectivity index (χ1) is 13.8. The number of ketones is 1. The Morgan fingerprint density at radius 3 is 2.76 bits per heavy atom. The largest absolute Gasteiger partial charge is 0.449 e. The molecule has 3 aromatic rings. The van der Waals surface area contributed by atoms with Gasteiger partial charge in [-0.15, -0.1) is 22.7 Å². The minimum atomic E-state index is -0.953. The number of thiazole rings is 1. The maximum absolute atomic E-state index is 12.5. The second-order valence-electron chi connectivity index (χ2n) is 6.14. The zero-order valence-electron chi connectivity index (χ0n) is 15.6. The number of esters is 1. The number of nitrogens with one attached hydrogen (secondary N) is 1. The molecule has 0 fully saturated rings. The van der Waals surface area contributed by atoms with Gasteiger partial charge in [-0.3, -0.25) is 9.59 Å². The van der Waals surface area contributed by atoms with E-state index < -0.39 is 12.1 Å². The van der Waals surface area contributed by atoms with Crippen LogP contribution in [0.15, 0.2) is 41.8 Å². The fourth-order valence-corrected chi connectivity index (χ4v) is 4.36. The minimum absolute atomic E-state index is 0.141.